The zero-order valence-corrected chi connectivity index (χ0v) is 15.2. The maximum atomic E-state index is 11.1. The molecule has 8 heteroatoms. The SMILES string of the molecule is CN=C(NCc1ccc(S(N)(=O)=O)cc1)NC1CC1C.I. The van der Waals surface area contributed by atoms with Gasteiger partial charge in [-0.1, -0.05) is 19.1 Å². The molecule has 1 aromatic rings. The minimum Gasteiger partial charge on any atom is -0.353 e. The van der Waals surface area contributed by atoms with Crippen LogP contribution in [0.15, 0.2) is 34.2 Å². The fraction of sp³-hybridized carbons (Fsp3) is 0.462. The Hall–Kier alpha value is -0.870. The Labute approximate surface area is 142 Å². The van der Waals surface area contributed by atoms with Gasteiger partial charge in [0.25, 0.3) is 0 Å². The van der Waals surface area contributed by atoms with Crippen LogP contribution in [0.25, 0.3) is 0 Å². The van der Waals surface area contributed by atoms with Gasteiger partial charge in [0.15, 0.2) is 5.96 Å². The summed E-state index contributed by atoms with van der Waals surface area (Å²) >= 11 is 0. The molecule has 0 radical (unpaired) electrons. The summed E-state index contributed by atoms with van der Waals surface area (Å²) in [6.07, 6.45) is 1.17. The van der Waals surface area contributed by atoms with Crippen LogP contribution in [-0.2, 0) is 16.6 Å². The molecule has 6 nitrogen and oxygen atoms in total. The summed E-state index contributed by atoms with van der Waals surface area (Å²) < 4.78 is 22.3. The molecule has 0 heterocycles. The fourth-order valence-corrected chi connectivity index (χ4v) is 2.39. The number of rotatable bonds is 4. The molecular weight excluding hydrogens is 403 g/mol. The third-order valence-electron chi connectivity index (χ3n) is 3.37. The lowest BCUT2D eigenvalue weighted by atomic mass is 10.2. The molecule has 1 aliphatic carbocycles. The van der Waals surface area contributed by atoms with Crippen LogP contribution in [0.1, 0.15) is 18.9 Å². The van der Waals surface area contributed by atoms with Crippen molar-refractivity contribution in [2.24, 2.45) is 16.0 Å². The zero-order chi connectivity index (χ0) is 14.8. The molecule has 118 valence electrons. The van der Waals surface area contributed by atoms with Crippen LogP contribution in [0.3, 0.4) is 0 Å². The van der Waals surface area contributed by atoms with Crippen molar-refractivity contribution in [2.75, 3.05) is 7.05 Å². The molecule has 0 saturated heterocycles. The molecule has 2 unspecified atom stereocenters. The second-order valence-electron chi connectivity index (χ2n) is 5.08. The van der Waals surface area contributed by atoms with Crippen molar-refractivity contribution in [1.82, 2.24) is 10.6 Å². The quantitative estimate of drug-likeness (QED) is 0.382. The highest BCUT2D eigenvalue weighted by molar-refractivity contribution is 14.0. The van der Waals surface area contributed by atoms with E-state index in [-0.39, 0.29) is 28.9 Å². The van der Waals surface area contributed by atoms with Crippen LogP contribution in [-0.4, -0.2) is 27.5 Å². The van der Waals surface area contributed by atoms with E-state index in [0.29, 0.717) is 18.5 Å². The van der Waals surface area contributed by atoms with Crippen LogP contribution < -0.4 is 15.8 Å². The van der Waals surface area contributed by atoms with Crippen molar-refractivity contribution in [2.45, 2.75) is 30.8 Å². The van der Waals surface area contributed by atoms with Crippen LogP contribution in [0.5, 0.6) is 0 Å². The molecule has 0 aromatic heterocycles. The van der Waals surface area contributed by atoms with E-state index in [9.17, 15) is 8.42 Å². The Bertz CT molecular complexity index is 601. The fourth-order valence-electron chi connectivity index (χ4n) is 1.88. The van der Waals surface area contributed by atoms with Crippen molar-refractivity contribution < 1.29 is 8.42 Å². The van der Waals surface area contributed by atoms with E-state index < -0.39 is 10.0 Å². The van der Waals surface area contributed by atoms with Crippen LogP contribution in [0, 0.1) is 5.92 Å². The number of primary sulfonamides is 1. The van der Waals surface area contributed by atoms with Crippen LogP contribution in [0.2, 0.25) is 0 Å². The molecule has 2 atom stereocenters. The molecule has 1 aromatic carbocycles. The third-order valence-corrected chi connectivity index (χ3v) is 4.30. The van der Waals surface area contributed by atoms with Crippen LogP contribution >= 0.6 is 24.0 Å². The highest BCUT2D eigenvalue weighted by Crippen LogP contribution is 2.28. The number of benzene rings is 1. The topological polar surface area (TPSA) is 96.6 Å². The van der Waals surface area contributed by atoms with Gasteiger partial charge in [0.1, 0.15) is 0 Å². The zero-order valence-electron chi connectivity index (χ0n) is 12.0. The predicted molar refractivity (Wildman–Crippen MR) is 94.1 cm³/mol. The molecule has 1 saturated carbocycles. The highest BCUT2D eigenvalue weighted by Gasteiger charge is 2.33. The van der Waals surface area contributed by atoms with Gasteiger partial charge in [0.2, 0.25) is 10.0 Å². The number of nitrogens with zero attached hydrogens (tertiary/aromatic N) is 1. The summed E-state index contributed by atoms with van der Waals surface area (Å²) in [5.74, 6) is 1.46. The Balaban J connectivity index is 0.00000220. The first-order chi connectivity index (χ1) is 9.40. The average molecular weight is 424 g/mol. The normalized spacial score (nSPS) is 21.4. The Kier molecular flexibility index (Phi) is 6.41. The molecule has 1 aliphatic rings. The second-order valence-corrected chi connectivity index (χ2v) is 6.64. The molecule has 0 amide bonds. The number of halogens is 1. The van der Waals surface area contributed by atoms with Gasteiger partial charge in [-0.15, -0.1) is 24.0 Å². The summed E-state index contributed by atoms with van der Waals surface area (Å²) in [6.45, 7) is 2.77. The molecule has 21 heavy (non-hydrogen) atoms. The standard InChI is InChI=1S/C13H20N4O2S.HI/c1-9-7-12(9)17-13(15-2)16-8-10-3-5-11(6-4-10)20(14,18)19;/h3-6,9,12H,7-8H2,1-2H3,(H2,14,18,19)(H2,15,16,17);1H. The number of aliphatic imine (C=N–C) groups is 1. The van der Waals surface area contributed by atoms with Crippen molar-refractivity contribution in [3.63, 3.8) is 0 Å². The van der Waals surface area contributed by atoms with Gasteiger partial charge in [-0.2, -0.15) is 0 Å². The van der Waals surface area contributed by atoms with Crippen molar-refractivity contribution >= 4 is 40.0 Å². The number of guanidine groups is 1. The molecule has 0 aliphatic heterocycles. The summed E-state index contributed by atoms with van der Waals surface area (Å²) in [4.78, 5) is 4.27. The van der Waals surface area contributed by atoms with E-state index in [1.807, 2.05) is 0 Å². The van der Waals surface area contributed by atoms with E-state index in [1.165, 1.54) is 18.6 Å². The van der Waals surface area contributed by atoms with E-state index in [4.69, 9.17) is 5.14 Å². The largest absolute Gasteiger partial charge is 0.353 e. The first kappa shape index (κ1) is 18.2. The Morgan fingerprint density at radius 1 is 1.38 bits per heavy atom. The summed E-state index contributed by atoms with van der Waals surface area (Å²) in [5.41, 5.74) is 0.962. The maximum absolute atomic E-state index is 11.1. The summed E-state index contributed by atoms with van der Waals surface area (Å²) in [7, 11) is -1.90. The van der Waals surface area contributed by atoms with Crippen molar-refractivity contribution in [3.05, 3.63) is 29.8 Å². The van der Waals surface area contributed by atoms with Crippen LogP contribution in [0.4, 0.5) is 0 Å². The van der Waals surface area contributed by atoms with Gasteiger partial charge < -0.3 is 10.6 Å². The molecule has 0 spiro atoms. The molecule has 0 bridgehead atoms. The minimum absolute atomic E-state index is 0. The Morgan fingerprint density at radius 2 is 1.95 bits per heavy atom. The van der Waals surface area contributed by atoms with E-state index in [1.54, 1.807) is 19.2 Å². The first-order valence-corrected chi connectivity index (χ1v) is 8.03. The average Bonchev–Trinajstić information content (AvgIpc) is 3.09. The molecule has 2 rings (SSSR count). The van der Waals surface area contributed by atoms with E-state index in [2.05, 4.69) is 22.5 Å². The number of nitrogens with one attached hydrogen (secondary N) is 2. The lowest BCUT2D eigenvalue weighted by Crippen LogP contribution is -2.38. The summed E-state index contributed by atoms with van der Waals surface area (Å²) in [6, 6.07) is 6.99. The van der Waals surface area contributed by atoms with Gasteiger partial charge in [-0.05, 0) is 30.0 Å². The lowest BCUT2D eigenvalue weighted by molar-refractivity contribution is 0.597. The number of hydrogen-bond acceptors (Lipinski definition) is 3. The Morgan fingerprint density at radius 3 is 2.38 bits per heavy atom. The van der Waals surface area contributed by atoms with E-state index >= 15 is 0 Å². The lowest BCUT2D eigenvalue weighted by Gasteiger charge is -2.11. The van der Waals surface area contributed by atoms with Gasteiger partial charge in [-0.3, -0.25) is 4.99 Å². The summed E-state index contributed by atoms with van der Waals surface area (Å²) in [5, 5.41) is 11.6. The minimum atomic E-state index is -3.63. The molecule has 1 fully saturated rings. The maximum Gasteiger partial charge on any atom is 0.238 e. The molecule has 4 N–H and O–H groups in total. The first-order valence-electron chi connectivity index (χ1n) is 6.49. The van der Waals surface area contributed by atoms with Gasteiger partial charge in [0.05, 0.1) is 4.90 Å². The monoisotopic (exact) mass is 424 g/mol. The second kappa shape index (κ2) is 7.41. The number of sulfonamides is 1. The number of hydrogen-bond donors (Lipinski definition) is 3. The third kappa shape index (κ3) is 5.44. The van der Waals surface area contributed by atoms with Gasteiger partial charge >= 0.3 is 0 Å². The van der Waals surface area contributed by atoms with Crippen molar-refractivity contribution in [1.29, 1.82) is 0 Å². The highest BCUT2D eigenvalue weighted by atomic mass is 127. The van der Waals surface area contributed by atoms with Crippen molar-refractivity contribution in [3.8, 4) is 0 Å². The predicted octanol–water partition coefficient (Wildman–Crippen LogP) is 1.03. The van der Waals surface area contributed by atoms with Gasteiger partial charge in [-0.25, -0.2) is 13.6 Å². The smallest absolute Gasteiger partial charge is 0.238 e. The number of nitrogens with two attached hydrogens (primary N) is 1. The molecular formula is C13H21IN4O2S. The van der Waals surface area contributed by atoms with E-state index in [0.717, 1.165) is 11.5 Å². The van der Waals surface area contributed by atoms with Gasteiger partial charge in [0, 0.05) is 19.6 Å².